The maximum atomic E-state index is 13.3. The number of rotatable bonds is 2. The Labute approximate surface area is 197 Å². The molecule has 2 N–H and O–H groups in total. The summed E-state index contributed by atoms with van der Waals surface area (Å²) in [6, 6.07) is 21.2. The third-order valence-corrected chi connectivity index (χ3v) is 6.68. The Kier molecular flexibility index (Phi) is 4.06. The Morgan fingerprint density at radius 2 is 1.65 bits per heavy atom. The van der Waals surface area contributed by atoms with Gasteiger partial charge in [-0.3, -0.25) is 0 Å². The minimum absolute atomic E-state index is 0.395. The van der Waals surface area contributed by atoms with Crippen LogP contribution in [0.15, 0.2) is 66.7 Å². The van der Waals surface area contributed by atoms with Crippen LogP contribution < -0.4 is 14.8 Å². The number of carbonyl (C=O) groups is 1. The summed E-state index contributed by atoms with van der Waals surface area (Å²) in [7, 11) is 1.56. The Morgan fingerprint density at radius 3 is 2.35 bits per heavy atom. The van der Waals surface area contributed by atoms with Gasteiger partial charge in [0.15, 0.2) is 17.0 Å². The van der Waals surface area contributed by atoms with Gasteiger partial charge in [0.05, 0.1) is 7.11 Å². The van der Waals surface area contributed by atoms with E-state index in [-0.39, 0.29) is 0 Å². The fourth-order valence-corrected chi connectivity index (χ4v) is 5.50. The molecule has 0 fully saturated rings. The van der Waals surface area contributed by atoms with E-state index in [1.807, 2.05) is 66.7 Å². The first-order valence-corrected chi connectivity index (χ1v) is 11.2. The molecule has 2 aliphatic rings. The molecular formula is C28H25NO5. The summed E-state index contributed by atoms with van der Waals surface area (Å²) < 4.78 is 17.8. The number of benzene rings is 4. The van der Waals surface area contributed by atoms with Gasteiger partial charge in [0.1, 0.15) is 5.60 Å². The van der Waals surface area contributed by atoms with E-state index in [1.165, 1.54) is 0 Å². The van der Waals surface area contributed by atoms with Gasteiger partial charge < -0.3 is 24.6 Å². The zero-order valence-corrected chi connectivity index (χ0v) is 19.4. The second-order valence-electron chi connectivity index (χ2n) is 9.84. The van der Waals surface area contributed by atoms with Gasteiger partial charge in [0.25, 0.3) is 5.79 Å². The fraction of sp³-hybridized carbons (Fsp3) is 0.250. The molecule has 1 heterocycles. The van der Waals surface area contributed by atoms with Crippen LogP contribution in [0, 0.1) is 0 Å². The molecule has 0 saturated heterocycles. The number of alkyl carbamates (subject to hydrolysis) is 1. The molecule has 1 aliphatic heterocycles. The Bertz CT molecular complexity index is 1500. The SMILES string of the molecule is COc1cc2ccccc2c2c1O[C@@]1(O)c3cccc4cccc(c34)[C@@]21NC(=O)OC(C)(C)C. The van der Waals surface area contributed by atoms with Crippen molar-refractivity contribution in [1.29, 1.82) is 0 Å². The first-order valence-electron chi connectivity index (χ1n) is 11.2. The molecule has 6 nitrogen and oxygen atoms in total. The molecule has 172 valence electrons. The lowest BCUT2D eigenvalue weighted by molar-refractivity contribution is -0.173. The Morgan fingerprint density at radius 1 is 0.971 bits per heavy atom. The lowest BCUT2D eigenvalue weighted by Crippen LogP contribution is -2.58. The minimum Gasteiger partial charge on any atom is -0.493 e. The molecule has 1 aliphatic carbocycles. The van der Waals surface area contributed by atoms with Gasteiger partial charge in [-0.2, -0.15) is 0 Å². The molecule has 0 spiro atoms. The average molecular weight is 456 g/mol. The number of methoxy groups -OCH3 is 1. The fourth-order valence-electron chi connectivity index (χ4n) is 5.50. The van der Waals surface area contributed by atoms with Crippen LogP contribution in [0.5, 0.6) is 11.5 Å². The summed E-state index contributed by atoms with van der Waals surface area (Å²) in [5, 5.41) is 19.0. The molecule has 0 unspecified atom stereocenters. The summed E-state index contributed by atoms with van der Waals surface area (Å²) in [6.45, 7) is 5.41. The molecule has 0 aromatic heterocycles. The molecule has 6 heteroatoms. The quantitative estimate of drug-likeness (QED) is 0.428. The molecule has 4 aromatic carbocycles. The zero-order valence-electron chi connectivity index (χ0n) is 19.4. The summed E-state index contributed by atoms with van der Waals surface area (Å²) in [4.78, 5) is 13.3. The van der Waals surface area contributed by atoms with Gasteiger partial charge in [0.2, 0.25) is 0 Å². The number of hydrogen-bond donors (Lipinski definition) is 2. The highest BCUT2D eigenvalue weighted by Gasteiger charge is 2.69. The normalized spacial score (nSPS) is 22.3. The highest BCUT2D eigenvalue weighted by molar-refractivity contribution is 6.00. The van der Waals surface area contributed by atoms with Crippen LogP contribution in [-0.4, -0.2) is 23.9 Å². The third kappa shape index (κ3) is 2.51. The zero-order chi connectivity index (χ0) is 23.9. The van der Waals surface area contributed by atoms with Gasteiger partial charge >= 0.3 is 6.09 Å². The van der Waals surface area contributed by atoms with E-state index >= 15 is 0 Å². The van der Waals surface area contributed by atoms with Crippen molar-refractivity contribution < 1.29 is 24.1 Å². The van der Waals surface area contributed by atoms with Crippen LogP contribution in [0.3, 0.4) is 0 Å². The van der Waals surface area contributed by atoms with E-state index in [0.29, 0.717) is 22.6 Å². The molecule has 2 atom stereocenters. The maximum absolute atomic E-state index is 13.3. The molecule has 0 bridgehead atoms. The first-order chi connectivity index (χ1) is 16.2. The second-order valence-corrected chi connectivity index (χ2v) is 9.84. The van der Waals surface area contributed by atoms with E-state index in [2.05, 4.69) is 5.32 Å². The number of nitrogens with one attached hydrogen (secondary N) is 1. The number of aliphatic hydroxyl groups is 1. The number of amides is 1. The summed E-state index contributed by atoms with van der Waals surface area (Å²) in [5.74, 6) is -1.04. The van der Waals surface area contributed by atoms with E-state index in [1.54, 1.807) is 27.9 Å². The van der Waals surface area contributed by atoms with Gasteiger partial charge in [0, 0.05) is 11.1 Å². The van der Waals surface area contributed by atoms with Crippen LogP contribution in [0.25, 0.3) is 21.5 Å². The predicted octanol–water partition coefficient (Wildman–Crippen LogP) is 5.32. The molecule has 34 heavy (non-hydrogen) atoms. The van der Waals surface area contributed by atoms with Crippen molar-refractivity contribution in [3.8, 4) is 11.5 Å². The molecule has 6 rings (SSSR count). The second kappa shape index (κ2) is 6.64. The van der Waals surface area contributed by atoms with Crippen molar-refractivity contribution in [2.24, 2.45) is 0 Å². The molecular weight excluding hydrogens is 430 g/mol. The Hall–Kier alpha value is -3.77. The highest BCUT2D eigenvalue weighted by atomic mass is 16.6. The predicted molar refractivity (Wildman–Crippen MR) is 129 cm³/mol. The van der Waals surface area contributed by atoms with Gasteiger partial charge in [-0.15, -0.1) is 0 Å². The van der Waals surface area contributed by atoms with Crippen LogP contribution in [0.4, 0.5) is 4.79 Å². The van der Waals surface area contributed by atoms with E-state index in [9.17, 15) is 9.90 Å². The van der Waals surface area contributed by atoms with Gasteiger partial charge in [-0.25, -0.2) is 4.79 Å². The first kappa shape index (κ1) is 20.8. The van der Waals surface area contributed by atoms with Gasteiger partial charge in [-0.1, -0.05) is 60.7 Å². The molecule has 0 radical (unpaired) electrons. The number of hydrogen-bond acceptors (Lipinski definition) is 5. The smallest absolute Gasteiger partial charge is 0.408 e. The van der Waals surface area contributed by atoms with Crippen LogP contribution in [0.1, 0.15) is 37.5 Å². The number of carbonyl (C=O) groups excluding carboxylic acids is 1. The van der Waals surface area contributed by atoms with E-state index in [4.69, 9.17) is 14.2 Å². The van der Waals surface area contributed by atoms with Crippen LogP contribution in [0.2, 0.25) is 0 Å². The van der Waals surface area contributed by atoms with Crippen molar-refractivity contribution in [3.63, 3.8) is 0 Å². The highest BCUT2D eigenvalue weighted by Crippen LogP contribution is 2.65. The van der Waals surface area contributed by atoms with Crippen molar-refractivity contribution in [2.45, 2.75) is 37.7 Å². The standard InChI is InChI=1S/C28H25NO5/c1-26(2,3)34-25(30)29-27-19-13-7-10-16-11-8-14-20(22(16)19)28(27,31)33-24-21(32-4)15-17-9-5-6-12-18(17)23(24)27/h5-15,31H,1-4H3,(H,29,30)/t27-,28+/m1/s1. The average Bonchev–Trinajstić information content (AvgIpc) is 3.17. The number of ether oxygens (including phenoxy) is 3. The van der Waals surface area contributed by atoms with Gasteiger partial charge in [-0.05, 0) is 53.9 Å². The molecule has 0 saturated carbocycles. The largest absolute Gasteiger partial charge is 0.493 e. The molecule has 1 amide bonds. The van der Waals surface area contributed by atoms with Crippen molar-refractivity contribution >= 4 is 27.6 Å². The monoisotopic (exact) mass is 455 g/mol. The third-order valence-electron chi connectivity index (χ3n) is 6.68. The lowest BCUT2D eigenvalue weighted by Gasteiger charge is -2.37. The van der Waals surface area contributed by atoms with Crippen molar-refractivity contribution in [1.82, 2.24) is 5.32 Å². The lowest BCUT2D eigenvalue weighted by atomic mass is 9.78. The van der Waals surface area contributed by atoms with Crippen LogP contribution >= 0.6 is 0 Å². The molecule has 4 aromatic rings. The maximum Gasteiger partial charge on any atom is 0.408 e. The van der Waals surface area contributed by atoms with E-state index < -0.39 is 23.0 Å². The van der Waals surface area contributed by atoms with Crippen molar-refractivity contribution in [2.75, 3.05) is 7.11 Å². The topological polar surface area (TPSA) is 77.0 Å². The summed E-state index contributed by atoms with van der Waals surface area (Å²) in [6.07, 6.45) is -0.654. The minimum atomic E-state index is -1.91. The number of fused-ring (bicyclic) bond motifs is 7. The Balaban J connectivity index is 1.75. The van der Waals surface area contributed by atoms with Crippen molar-refractivity contribution in [3.05, 3.63) is 83.4 Å². The van der Waals surface area contributed by atoms with E-state index in [0.717, 1.165) is 27.1 Å². The van der Waals surface area contributed by atoms with Crippen LogP contribution in [-0.2, 0) is 16.1 Å². The summed E-state index contributed by atoms with van der Waals surface area (Å²) in [5.41, 5.74) is -0.221. The summed E-state index contributed by atoms with van der Waals surface area (Å²) >= 11 is 0.